The first-order valence-electron chi connectivity index (χ1n) is 9.01. The second kappa shape index (κ2) is 7.80. The summed E-state index contributed by atoms with van der Waals surface area (Å²) in [5.41, 5.74) is 4.81. The minimum absolute atomic E-state index is 0.00756. The van der Waals surface area contributed by atoms with Gasteiger partial charge in [0.2, 0.25) is 5.91 Å². The number of hydrogen-bond donors (Lipinski definition) is 1. The summed E-state index contributed by atoms with van der Waals surface area (Å²) in [6.07, 6.45) is 5.35. The zero-order chi connectivity index (χ0) is 18.6. The molecule has 0 unspecified atom stereocenters. The number of nitrogens with one attached hydrogen (secondary N) is 1. The highest BCUT2D eigenvalue weighted by Gasteiger charge is 2.15. The Bertz CT molecular complexity index is 982. The summed E-state index contributed by atoms with van der Waals surface area (Å²) < 4.78 is 0. The van der Waals surface area contributed by atoms with E-state index in [9.17, 15) is 9.59 Å². The zero-order valence-electron chi connectivity index (χ0n) is 14.8. The summed E-state index contributed by atoms with van der Waals surface area (Å²) in [7, 11) is 0. The first-order chi connectivity index (χ1) is 13.2. The number of pyridine rings is 1. The Morgan fingerprint density at radius 2 is 1.93 bits per heavy atom. The average Bonchev–Trinajstić information content (AvgIpc) is 3.35. The van der Waals surface area contributed by atoms with Crippen LogP contribution < -0.4 is 5.32 Å². The molecule has 0 radical (unpaired) electrons. The Labute approximate surface area is 161 Å². The van der Waals surface area contributed by atoms with Crippen molar-refractivity contribution in [3.05, 3.63) is 64.7 Å². The first-order valence-corrected chi connectivity index (χ1v) is 9.89. The second-order valence-corrected chi connectivity index (χ2v) is 7.42. The Morgan fingerprint density at radius 1 is 1.04 bits per heavy atom. The van der Waals surface area contributed by atoms with Crippen molar-refractivity contribution in [1.82, 2.24) is 9.97 Å². The van der Waals surface area contributed by atoms with Crippen LogP contribution in [-0.2, 0) is 17.6 Å². The van der Waals surface area contributed by atoms with Gasteiger partial charge in [0.1, 0.15) is 5.69 Å². The predicted octanol–water partition coefficient (Wildman–Crippen LogP) is 4.30. The van der Waals surface area contributed by atoms with Gasteiger partial charge < -0.3 is 5.32 Å². The highest BCUT2D eigenvalue weighted by molar-refractivity contribution is 7.14. The highest BCUT2D eigenvalue weighted by atomic mass is 32.1. The van der Waals surface area contributed by atoms with Crippen LogP contribution in [0, 0.1) is 0 Å². The van der Waals surface area contributed by atoms with E-state index < -0.39 is 0 Å². The zero-order valence-corrected chi connectivity index (χ0v) is 15.6. The fraction of sp³-hybridized carbons (Fsp3) is 0.238. The molecule has 0 atom stereocenters. The Kier molecular flexibility index (Phi) is 5.07. The molecule has 0 saturated heterocycles. The smallest absolute Gasteiger partial charge is 0.226 e. The van der Waals surface area contributed by atoms with E-state index in [0.29, 0.717) is 10.7 Å². The second-order valence-electron chi connectivity index (χ2n) is 6.56. The van der Waals surface area contributed by atoms with Gasteiger partial charge in [0.05, 0.1) is 5.69 Å². The number of aryl methyl sites for hydroxylation is 2. The lowest BCUT2D eigenvalue weighted by Crippen LogP contribution is -2.13. The predicted molar refractivity (Wildman–Crippen MR) is 106 cm³/mol. The lowest BCUT2D eigenvalue weighted by molar-refractivity contribution is -0.116. The number of fused-ring (bicyclic) bond motifs is 1. The van der Waals surface area contributed by atoms with Crippen LogP contribution in [0.3, 0.4) is 0 Å². The number of aromatic nitrogens is 2. The summed E-state index contributed by atoms with van der Waals surface area (Å²) >= 11 is 1.35. The Morgan fingerprint density at radius 3 is 2.78 bits per heavy atom. The van der Waals surface area contributed by atoms with Crippen molar-refractivity contribution in [2.75, 3.05) is 5.32 Å². The number of anilines is 1. The quantitative estimate of drug-likeness (QED) is 0.650. The fourth-order valence-corrected chi connectivity index (χ4v) is 3.98. The highest BCUT2D eigenvalue weighted by Crippen LogP contribution is 2.24. The largest absolute Gasteiger partial charge is 0.302 e. The molecule has 0 saturated carbocycles. The third-order valence-corrected chi connectivity index (χ3v) is 5.44. The molecule has 1 aromatic carbocycles. The minimum atomic E-state index is -0.202. The lowest BCUT2D eigenvalue weighted by atomic mass is 10.0. The van der Waals surface area contributed by atoms with Crippen LogP contribution in [0.25, 0.3) is 11.4 Å². The Balaban J connectivity index is 1.32. The molecule has 0 spiro atoms. The minimum Gasteiger partial charge on any atom is -0.302 e. The molecular weight excluding hydrogens is 358 g/mol. The molecule has 0 bridgehead atoms. The molecule has 2 heterocycles. The molecule has 1 N–H and O–H groups in total. The summed E-state index contributed by atoms with van der Waals surface area (Å²) in [5, 5.41) is 5.14. The number of carbonyl (C=O) groups excluding carboxylic acids is 2. The number of amides is 1. The molecule has 0 fully saturated rings. The van der Waals surface area contributed by atoms with Crippen LogP contribution in [-0.4, -0.2) is 21.7 Å². The molecule has 5 nitrogen and oxygen atoms in total. The van der Waals surface area contributed by atoms with Gasteiger partial charge in [-0.25, -0.2) is 4.98 Å². The molecule has 2 aromatic heterocycles. The molecule has 3 aromatic rings. The van der Waals surface area contributed by atoms with E-state index in [2.05, 4.69) is 15.3 Å². The monoisotopic (exact) mass is 377 g/mol. The number of nitrogens with zero attached hydrogens (tertiary/aromatic N) is 2. The van der Waals surface area contributed by atoms with Gasteiger partial charge >= 0.3 is 0 Å². The number of thiazole rings is 1. The van der Waals surface area contributed by atoms with Crippen LogP contribution in [0.5, 0.6) is 0 Å². The first kappa shape index (κ1) is 17.5. The van der Waals surface area contributed by atoms with Crippen LogP contribution in [0.1, 0.15) is 40.7 Å². The number of benzene rings is 1. The van der Waals surface area contributed by atoms with Gasteiger partial charge in [0.15, 0.2) is 10.9 Å². The third kappa shape index (κ3) is 4.11. The number of hydrogen-bond acceptors (Lipinski definition) is 5. The van der Waals surface area contributed by atoms with Gasteiger partial charge in [0.25, 0.3) is 0 Å². The van der Waals surface area contributed by atoms with E-state index >= 15 is 0 Å². The molecule has 0 aliphatic heterocycles. The maximum absolute atomic E-state index is 12.4. The Hall–Kier alpha value is -2.86. The topological polar surface area (TPSA) is 72.0 Å². The summed E-state index contributed by atoms with van der Waals surface area (Å²) in [6.45, 7) is 0. The summed E-state index contributed by atoms with van der Waals surface area (Å²) in [6, 6.07) is 11.5. The van der Waals surface area contributed by atoms with Crippen LogP contribution >= 0.6 is 11.3 Å². The molecule has 1 amide bonds. The van der Waals surface area contributed by atoms with Gasteiger partial charge in [-0.2, -0.15) is 0 Å². The molecule has 1 aliphatic rings. The van der Waals surface area contributed by atoms with Crippen molar-refractivity contribution in [1.29, 1.82) is 0 Å². The van der Waals surface area contributed by atoms with E-state index in [1.54, 1.807) is 6.20 Å². The molecule has 4 rings (SSSR count). The van der Waals surface area contributed by atoms with Gasteiger partial charge in [-0.3, -0.25) is 14.6 Å². The summed E-state index contributed by atoms with van der Waals surface area (Å²) in [4.78, 5) is 33.2. The van der Waals surface area contributed by atoms with Gasteiger partial charge in [-0.1, -0.05) is 18.2 Å². The third-order valence-electron chi connectivity index (χ3n) is 4.68. The number of carbonyl (C=O) groups is 2. The number of Topliss-reactive ketones (excluding diaryl/α,β-unsaturated/α-hetero) is 1. The van der Waals surface area contributed by atoms with Crippen molar-refractivity contribution in [3.8, 4) is 11.4 Å². The van der Waals surface area contributed by atoms with Crippen molar-refractivity contribution in [3.63, 3.8) is 0 Å². The van der Waals surface area contributed by atoms with Crippen molar-refractivity contribution >= 4 is 28.2 Å². The van der Waals surface area contributed by atoms with E-state index in [4.69, 9.17) is 0 Å². The normalized spacial score (nSPS) is 12.6. The molecule has 27 heavy (non-hydrogen) atoms. The number of rotatable bonds is 6. The van der Waals surface area contributed by atoms with Crippen molar-refractivity contribution in [2.45, 2.75) is 32.1 Å². The molecule has 136 valence electrons. The van der Waals surface area contributed by atoms with Gasteiger partial charge in [0, 0.05) is 30.0 Å². The van der Waals surface area contributed by atoms with E-state index in [-0.39, 0.29) is 24.5 Å². The standard InChI is InChI=1S/C21H19N3O2S/c25-19(16-8-7-14-4-3-5-15(14)12-16)9-10-20(26)24-21-23-18(13-27-21)17-6-1-2-11-22-17/h1-2,6-8,11-13H,3-5,9-10H2,(H,23,24,26). The van der Waals surface area contributed by atoms with Crippen molar-refractivity contribution < 1.29 is 9.59 Å². The van der Waals surface area contributed by atoms with Gasteiger partial charge in [-0.15, -0.1) is 11.3 Å². The van der Waals surface area contributed by atoms with E-state index in [0.717, 1.165) is 30.7 Å². The van der Waals surface area contributed by atoms with Crippen LogP contribution in [0.15, 0.2) is 48.0 Å². The van der Waals surface area contributed by atoms with Crippen molar-refractivity contribution in [2.24, 2.45) is 0 Å². The molecule has 6 heteroatoms. The fourth-order valence-electron chi connectivity index (χ4n) is 3.26. The molecular formula is C21H19N3O2S. The lowest BCUT2D eigenvalue weighted by Gasteiger charge is -2.05. The van der Waals surface area contributed by atoms with E-state index in [1.165, 1.54) is 22.5 Å². The number of ketones is 1. The molecule has 1 aliphatic carbocycles. The maximum atomic E-state index is 12.4. The maximum Gasteiger partial charge on any atom is 0.226 e. The van der Waals surface area contributed by atoms with Crippen LogP contribution in [0.4, 0.5) is 5.13 Å². The SMILES string of the molecule is O=C(CCC(=O)c1ccc2c(c1)CCC2)Nc1nc(-c2ccccn2)cs1. The van der Waals surface area contributed by atoms with E-state index in [1.807, 2.05) is 41.8 Å². The van der Waals surface area contributed by atoms with Crippen LogP contribution in [0.2, 0.25) is 0 Å². The van der Waals surface area contributed by atoms with Gasteiger partial charge in [-0.05, 0) is 48.6 Å². The average molecular weight is 377 g/mol. The summed E-state index contributed by atoms with van der Waals surface area (Å²) in [5.74, 6) is -0.195.